The number of primary amides is 1. The summed E-state index contributed by atoms with van der Waals surface area (Å²) in [5.74, 6) is -8.23. The molecule has 0 spiro atoms. The van der Waals surface area contributed by atoms with Crippen LogP contribution in [0.3, 0.4) is 0 Å². The highest BCUT2D eigenvalue weighted by molar-refractivity contribution is 5.99. The number of carbonyl (C=O) groups is 8. The highest BCUT2D eigenvalue weighted by Gasteiger charge is 2.48. The number of amides is 7. The van der Waals surface area contributed by atoms with E-state index < -0.39 is 171 Å². The molecule has 0 saturated carbocycles. The number of hydrogen-bond acceptors (Lipinski definition) is 18. The van der Waals surface area contributed by atoms with Crippen molar-refractivity contribution in [3.05, 3.63) is 29.8 Å². The van der Waals surface area contributed by atoms with Crippen molar-refractivity contribution in [2.75, 3.05) is 6.54 Å². The third-order valence-electron chi connectivity index (χ3n) is 14.3. The van der Waals surface area contributed by atoms with Crippen molar-refractivity contribution in [2.45, 2.75) is 209 Å². The number of benzene rings is 1. The van der Waals surface area contributed by atoms with Gasteiger partial charge in [-0.15, -0.1) is 0 Å². The normalized spacial score (nSPS) is 30.0. The van der Waals surface area contributed by atoms with Gasteiger partial charge in [-0.25, -0.2) is 0 Å². The zero-order valence-electron chi connectivity index (χ0n) is 43.0. The van der Waals surface area contributed by atoms with Crippen LogP contribution < -0.4 is 37.6 Å². The van der Waals surface area contributed by atoms with Crippen LogP contribution in [0.2, 0.25) is 0 Å². The fourth-order valence-electron chi connectivity index (χ4n) is 9.75. The van der Waals surface area contributed by atoms with Crippen molar-refractivity contribution >= 4 is 47.1 Å². The van der Waals surface area contributed by atoms with Gasteiger partial charge in [0, 0.05) is 25.8 Å². The minimum atomic E-state index is -2.34. The SMILES string of the molecule is CCC(C)CC(C)CCCCCCCCC(=O)N[C@@H]1C[C@@H](O)[C@@H](O)NC(=O)[C@H]2NC(C[C@@H]2O)C(=O)[C@H]([C@H](O)CC(N)=O)NC(=O)[C@H]([C@H](O)[C@@H](O)c2ccc(O)cc2)NC(=O)[C@@H]2C[C@@H](O)CN2C(=O)[C@H]([C@@H](C)O)NC1=O. The maximum Gasteiger partial charge on any atom is 0.248 e. The molecule has 25 heteroatoms. The predicted molar refractivity (Wildman–Crippen MR) is 266 cm³/mol. The molecule has 1 aromatic carbocycles. The minimum Gasteiger partial charge on any atom is -0.508 e. The van der Waals surface area contributed by atoms with Gasteiger partial charge < -0.3 is 83.2 Å². The lowest BCUT2D eigenvalue weighted by molar-refractivity contribution is -0.146. The van der Waals surface area contributed by atoms with Crippen molar-refractivity contribution in [2.24, 2.45) is 17.6 Å². The maximum absolute atomic E-state index is 14.3. The summed E-state index contributed by atoms with van der Waals surface area (Å²) in [6.45, 7) is 7.20. The molecule has 422 valence electrons. The molecule has 3 saturated heterocycles. The van der Waals surface area contributed by atoms with Gasteiger partial charge in [0.25, 0.3) is 0 Å². The van der Waals surface area contributed by atoms with Gasteiger partial charge in [0.2, 0.25) is 41.4 Å². The highest BCUT2D eigenvalue weighted by Crippen LogP contribution is 2.26. The smallest absolute Gasteiger partial charge is 0.248 e. The molecule has 25 nitrogen and oxygen atoms in total. The lowest BCUT2D eigenvalue weighted by atomic mass is 9.91. The number of phenolic OH excluding ortho intramolecular Hbond substituents is 1. The molecular weight excluding hydrogens is 985 g/mol. The molecule has 0 aliphatic carbocycles. The van der Waals surface area contributed by atoms with Crippen molar-refractivity contribution < 1.29 is 84.3 Å². The molecule has 1 aromatic rings. The van der Waals surface area contributed by atoms with Gasteiger partial charge in [-0.2, -0.15) is 0 Å². The van der Waals surface area contributed by atoms with E-state index in [1.807, 2.05) is 0 Å². The Labute approximate surface area is 435 Å². The average molecular weight is 1070 g/mol. The number of nitrogens with zero attached hydrogens (tertiary/aromatic N) is 1. The first-order chi connectivity index (χ1) is 35.3. The number of fused-ring (bicyclic) bond motifs is 3. The van der Waals surface area contributed by atoms with E-state index in [0.29, 0.717) is 24.7 Å². The Morgan fingerprint density at radius 1 is 0.733 bits per heavy atom. The molecule has 75 heavy (non-hydrogen) atoms. The maximum atomic E-state index is 14.3. The van der Waals surface area contributed by atoms with Crippen molar-refractivity contribution in [1.82, 2.24) is 36.8 Å². The summed E-state index contributed by atoms with van der Waals surface area (Å²) >= 11 is 0. The van der Waals surface area contributed by atoms with Gasteiger partial charge in [-0.3, -0.25) is 43.7 Å². The topological polar surface area (TPSA) is 420 Å². The second kappa shape index (κ2) is 29.2. The van der Waals surface area contributed by atoms with E-state index in [-0.39, 0.29) is 17.7 Å². The first-order valence-electron chi connectivity index (χ1n) is 26.0. The molecule has 3 aliphatic heterocycles. The number of rotatable bonds is 20. The summed E-state index contributed by atoms with van der Waals surface area (Å²) < 4.78 is 0. The Morgan fingerprint density at radius 3 is 1.97 bits per heavy atom. The minimum absolute atomic E-state index is 0.0719. The molecule has 2 bridgehead atoms. The van der Waals surface area contributed by atoms with E-state index in [4.69, 9.17) is 5.73 Å². The van der Waals surface area contributed by atoms with Crippen molar-refractivity contribution in [3.63, 3.8) is 0 Å². The number of unbranched alkanes of at least 4 members (excludes halogenated alkanes) is 5. The third kappa shape index (κ3) is 18.1. The van der Waals surface area contributed by atoms with Crippen molar-refractivity contribution in [3.8, 4) is 5.75 Å². The molecule has 0 aromatic heterocycles. The van der Waals surface area contributed by atoms with E-state index in [2.05, 4.69) is 52.7 Å². The van der Waals surface area contributed by atoms with Gasteiger partial charge in [0.1, 0.15) is 60.3 Å². The average Bonchev–Trinajstić information content (AvgIpc) is 3.95. The summed E-state index contributed by atoms with van der Waals surface area (Å²) in [7, 11) is 0. The summed E-state index contributed by atoms with van der Waals surface area (Å²) in [6.07, 6.45) is -10.2. The second-order valence-electron chi connectivity index (χ2n) is 20.7. The number of nitrogens with one attached hydrogen (secondary N) is 6. The van der Waals surface area contributed by atoms with Crippen LogP contribution in [-0.2, 0) is 38.4 Å². The number of aliphatic hydroxyl groups excluding tert-OH is 8. The van der Waals surface area contributed by atoms with Crippen LogP contribution in [-0.4, -0.2) is 190 Å². The molecule has 3 heterocycles. The number of ketones is 1. The van der Waals surface area contributed by atoms with Crippen LogP contribution in [0.25, 0.3) is 0 Å². The van der Waals surface area contributed by atoms with Crippen LogP contribution >= 0.6 is 0 Å². The van der Waals surface area contributed by atoms with Crippen molar-refractivity contribution in [1.29, 1.82) is 0 Å². The summed E-state index contributed by atoms with van der Waals surface area (Å²) in [5, 5.41) is 113. The molecule has 7 amide bonds. The number of nitrogens with two attached hydrogens (primary N) is 1. The zero-order valence-corrected chi connectivity index (χ0v) is 43.0. The monoisotopic (exact) mass is 1060 g/mol. The molecular formula is C50H80N8O17. The van der Waals surface area contributed by atoms with E-state index in [9.17, 15) is 84.3 Å². The standard InChI is InChI=1S/C50H80N8O17/c1-5-24(2)18-25(3)12-10-8-6-7-9-11-13-37(66)52-31-21-35(64)47(72)57-48(73)40-33(62)20-30(53-40)43(68)39(34(63)22-36(51)65)55-49(74)41(44(69)42(67)27-14-16-28(60)17-15-27)56-46(71)32-19-29(61)23-58(32)50(75)38(26(4)59)54-45(31)70/h14-17,24-26,29-35,38-42,44,47,53,59-64,67,69,72H,5-13,18-23H2,1-4H3,(H2,51,65)(H,52,66)(H,54,70)(H,55,74)(H,56,71)(H,57,73)/t24?,25?,26-,29-,30?,31-,32+,33+,34-,35-,38+,39+,40+,41+,42+,44+,47-/m1/s1. The van der Waals surface area contributed by atoms with Crippen LogP contribution in [0.15, 0.2) is 24.3 Å². The predicted octanol–water partition coefficient (Wildman–Crippen LogP) is -3.64. The Hall–Kier alpha value is -5.38. The Balaban J connectivity index is 1.67. The molecule has 3 aliphatic rings. The second-order valence-corrected chi connectivity index (χ2v) is 20.7. The van der Waals surface area contributed by atoms with Crippen LogP contribution in [0.4, 0.5) is 0 Å². The Morgan fingerprint density at radius 2 is 1.35 bits per heavy atom. The fourth-order valence-corrected chi connectivity index (χ4v) is 9.75. The number of phenols is 1. The van der Waals surface area contributed by atoms with Gasteiger partial charge in [0.15, 0.2) is 12.0 Å². The van der Waals surface area contributed by atoms with E-state index in [0.717, 1.165) is 62.5 Å². The van der Waals surface area contributed by atoms with Gasteiger partial charge >= 0.3 is 0 Å². The van der Waals surface area contributed by atoms with Gasteiger partial charge in [-0.1, -0.05) is 77.8 Å². The number of aromatic hydroxyl groups is 1. The fraction of sp³-hybridized carbons (Fsp3) is 0.720. The summed E-state index contributed by atoms with van der Waals surface area (Å²) in [6, 6.07) is -8.63. The molecule has 0 radical (unpaired) electrons. The van der Waals surface area contributed by atoms with E-state index in [1.54, 1.807) is 0 Å². The quantitative estimate of drug-likeness (QED) is 0.0560. The molecule has 4 rings (SSSR count). The third-order valence-corrected chi connectivity index (χ3v) is 14.3. The van der Waals surface area contributed by atoms with E-state index >= 15 is 0 Å². The largest absolute Gasteiger partial charge is 0.508 e. The zero-order chi connectivity index (χ0) is 55.8. The first kappa shape index (κ1) is 62.2. The van der Waals surface area contributed by atoms with E-state index in [1.165, 1.54) is 18.6 Å². The summed E-state index contributed by atoms with van der Waals surface area (Å²) in [4.78, 5) is 111. The number of aliphatic hydroxyl groups is 8. The molecule has 17 N–H and O–H groups in total. The van der Waals surface area contributed by atoms with Crippen LogP contribution in [0.1, 0.15) is 129 Å². The number of carbonyl (C=O) groups excluding carboxylic acids is 8. The Kier molecular flexibility index (Phi) is 24.2. The molecule has 3 fully saturated rings. The summed E-state index contributed by atoms with van der Waals surface area (Å²) in [5.41, 5.74) is 5.20. The number of hydrogen-bond donors (Lipinski definition) is 16. The lowest BCUT2D eigenvalue weighted by Gasteiger charge is -2.34. The lowest BCUT2D eigenvalue weighted by Crippen LogP contribution is -2.64. The highest BCUT2D eigenvalue weighted by atomic mass is 16.3. The van der Waals surface area contributed by atoms with Gasteiger partial charge in [0.05, 0.1) is 36.9 Å². The Bertz CT molecular complexity index is 2100. The first-order valence-corrected chi connectivity index (χ1v) is 26.0. The number of Topliss-reactive ketones (excluding diaryl/α,β-unsaturated/α-hetero) is 1. The van der Waals surface area contributed by atoms with Gasteiger partial charge in [-0.05, 0) is 55.7 Å². The van der Waals surface area contributed by atoms with Crippen LogP contribution in [0.5, 0.6) is 5.75 Å². The molecule has 3 unspecified atom stereocenters. The van der Waals surface area contributed by atoms with Crippen LogP contribution in [0, 0.1) is 11.8 Å². The molecule has 17 atom stereocenters.